The largest absolute Gasteiger partial charge is 0.496 e. The molecule has 0 fully saturated rings. The molecule has 0 saturated carbocycles. The fraction of sp³-hybridized carbons (Fsp3) is 0.533. The van der Waals surface area contributed by atoms with Crippen molar-refractivity contribution in [1.82, 2.24) is 10.6 Å². The summed E-state index contributed by atoms with van der Waals surface area (Å²) in [4.78, 5) is 11.5. The summed E-state index contributed by atoms with van der Waals surface area (Å²) in [7, 11) is 5.04. The summed E-state index contributed by atoms with van der Waals surface area (Å²) in [5.41, 5.74) is 0. The van der Waals surface area contributed by atoms with E-state index in [1.165, 1.54) is 0 Å². The van der Waals surface area contributed by atoms with Crippen molar-refractivity contribution in [1.29, 1.82) is 0 Å². The van der Waals surface area contributed by atoms with Crippen LogP contribution in [-0.2, 0) is 4.79 Å². The van der Waals surface area contributed by atoms with Gasteiger partial charge in [0.1, 0.15) is 23.9 Å². The number of benzene rings is 1. The van der Waals surface area contributed by atoms with Crippen molar-refractivity contribution in [3.8, 4) is 17.2 Å². The number of halogens is 1. The summed E-state index contributed by atoms with van der Waals surface area (Å²) < 4.78 is 15.9. The van der Waals surface area contributed by atoms with Gasteiger partial charge in [-0.25, -0.2) is 0 Å². The van der Waals surface area contributed by atoms with Crippen molar-refractivity contribution in [3.05, 3.63) is 18.2 Å². The minimum Gasteiger partial charge on any atom is -0.496 e. The summed E-state index contributed by atoms with van der Waals surface area (Å²) in [6.45, 7) is 1.71. The van der Waals surface area contributed by atoms with Crippen LogP contribution >= 0.6 is 12.4 Å². The maximum Gasteiger partial charge on any atom is 0.220 e. The van der Waals surface area contributed by atoms with E-state index in [1.54, 1.807) is 32.4 Å². The molecule has 0 atom stereocenters. The van der Waals surface area contributed by atoms with E-state index < -0.39 is 0 Å². The SMILES string of the molecule is CNCCCC(=O)NCCOc1cc(OC)cc(OC)c1.Cl. The van der Waals surface area contributed by atoms with Gasteiger partial charge in [-0.1, -0.05) is 0 Å². The van der Waals surface area contributed by atoms with E-state index in [4.69, 9.17) is 14.2 Å². The lowest BCUT2D eigenvalue weighted by atomic mass is 10.3. The first-order valence-electron chi connectivity index (χ1n) is 6.96. The Morgan fingerprint density at radius 1 is 1.05 bits per heavy atom. The van der Waals surface area contributed by atoms with Gasteiger partial charge in [0.25, 0.3) is 0 Å². The fourth-order valence-corrected chi connectivity index (χ4v) is 1.74. The second-order valence-corrected chi connectivity index (χ2v) is 4.45. The van der Waals surface area contributed by atoms with E-state index >= 15 is 0 Å². The molecule has 0 unspecified atom stereocenters. The lowest BCUT2D eigenvalue weighted by Crippen LogP contribution is -2.28. The van der Waals surface area contributed by atoms with Crippen LogP contribution in [0.3, 0.4) is 0 Å². The average Bonchev–Trinajstić information content (AvgIpc) is 2.51. The first kappa shape index (κ1) is 20.3. The van der Waals surface area contributed by atoms with Crippen molar-refractivity contribution >= 4 is 18.3 Å². The lowest BCUT2D eigenvalue weighted by molar-refractivity contribution is -0.121. The number of amides is 1. The van der Waals surface area contributed by atoms with E-state index in [1.807, 2.05) is 7.05 Å². The molecule has 1 rings (SSSR count). The van der Waals surface area contributed by atoms with E-state index in [-0.39, 0.29) is 18.3 Å². The molecule has 6 nitrogen and oxygen atoms in total. The van der Waals surface area contributed by atoms with Crippen molar-refractivity contribution in [2.45, 2.75) is 12.8 Å². The van der Waals surface area contributed by atoms with Crippen molar-refractivity contribution < 1.29 is 19.0 Å². The number of hydrogen-bond acceptors (Lipinski definition) is 5. The van der Waals surface area contributed by atoms with Crippen LogP contribution in [0.1, 0.15) is 12.8 Å². The van der Waals surface area contributed by atoms with Gasteiger partial charge in [0.2, 0.25) is 5.91 Å². The molecule has 0 heterocycles. The molecule has 0 radical (unpaired) electrons. The first-order valence-corrected chi connectivity index (χ1v) is 6.96. The highest BCUT2D eigenvalue weighted by molar-refractivity contribution is 5.85. The van der Waals surface area contributed by atoms with E-state index in [0.717, 1.165) is 13.0 Å². The number of methoxy groups -OCH3 is 2. The second kappa shape index (κ2) is 11.9. The molecular weight excluding hydrogens is 308 g/mol. The van der Waals surface area contributed by atoms with Gasteiger partial charge in [-0.2, -0.15) is 0 Å². The second-order valence-electron chi connectivity index (χ2n) is 4.45. The zero-order valence-electron chi connectivity index (χ0n) is 13.3. The Labute approximate surface area is 137 Å². The molecule has 0 spiro atoms. The third-order valence-electron chi connectivity index (χ3n) is 2.85. The minimum atomic E-state index is 0. The van der Waals surface area contributed by atoms with Crippen LogP contribution in [0.2, 0.25) is 0 Å². The molecule has 0 aliphatic heterocycles. The zero-order chi connectivity index (χ0) is 15.5. The first-order chi connectivity index (χ1) is 10.2. The minimum absolute atomic E-state index is 0. The van der Waals surface area contributed by atoms with E-state index in [9.17, 15) is 4.79 Å². The van der Waals surface area contributed by atoms with Crippen LogP contribution in [0.5, 0.6) is 17.2 Å². The molecule has 2 N–H and O–H groups in total. The van der Waals surface area contributed by atoms with E-state index in [0.29, 0.717) is 36.8 Å². The summed E-state index contributed by atoms with van der Waals surface area (Å²) in [5.74, 6) is 2.02. The summed E-state index contributed by atoms with van der Waals surface area (Å²) >= 11 is 0. The van der Waals surface area contributed by atoms with Crippen LogP contribution in [0.25, 0.3) is 0 Å². The number of nitrogens with one attached hydrogen (secondary N) is 2. The van der Waals surface area contributed by atoms with Crippen LogP contribution in [-0.4, -0.2) is 46.9 Å². The normalized spacial score (nSPS) is 9.59. The van der Waals surface area contributed by atoms with Gasteiger partial charge in [0.15, 0.2) is 0 Å². The number of rotatable bonds is 10. The fourth-order valence-electron chi connectivity index (χ4n) is 1.74. The Bertz CT molecular complexity index is 421. The number of ether oxygens (including phenoxy) is 3. The van der Waals surface area contributed by atoms with Gasteiger partial charge in [-0.15, -0.1) is 12.4 Å². The topological polar surface area (TPSA) is 68.8 Å². The molecule has 0 bridgehead atoms. The average molecular weight is 333 g/mol. The number of hydrogen-bond donors (Lipinski definition) is 2. The summed E-state index contributed by atoms with van der Waals surface area (Å²) in [6.07, 6.45) is 1.35. The van der Waals surface area contributed by atoms with Crippen molar-refractivity contribution in [3.63, 3.8) is 0 Å². The standard InChI is InChI=1S/C15H24N2O4.ClH/c1-16-6-4-5-15(18)17-7-8-21-14-10-12(19-2)9-13(11-14)20-3;/h9-11,16H,4-8H2,1-3H3,(H,17,18);1H. The molecule has 1 aromatic rings. The zero-order valence-corrected chi connectivity index (χ0v) is 14.1. The molecule has 1 aromatic carbocycles. The van der Waals surface area contributed by atoms with Gasteiger partial charge in [-0.3, -0.25) is 4.79 Å². The van der Waals surface area contributed by atoms with Crippen LogP contribution < -0.4 is 24.8 Å². The van der Waals surface area contributed by atoms with Crippen LogP contribution in [0, 0.1) is 0 Å². The van der Waals surface area contributed by atoms with E-state index in [2.05, 4.69) is 10.6 Å². The third-order valence-corrected chi connectivity index (χ3v) is 2.85. The van der Waals surface area contributed by atoms with Gasteiger partial charge < -0.3 is 24.8 Å². The highest BCUT2D eigenvalue weighted by Crippen LogP contribution is 2.27. The molecule has 126 valence electrons. The quantitative estimate of drug-likeness (QED) is 0.637. The Kier molecular flexibility index (Phi) is 11.0. The molecule has 22 heavy (non-hydrogen) atoms. The van der Waals surface area contributed by atoms with Gasteiger partial charge in [-0.05, 0) is 20.0 Å². The van der Waals surface area contributed by atoms with Crippen LogP contribution in [0.4, 0.5) is 0 Å². The lowest BCUT2D eigenvalue weighted by Gasteiger charge is -2.11. The Hall–Kier alpha value is -1.66. The predicted molar refractivity (Wildman–Crippen MR) is 88.5 cm³/mol. The molecule has 0 aliphatic carbocycles. The molecule has 0 saturated heterocycles. The molecule has 7 heteroatoms. The van der Waals surface area contributed by atoms with Gasteiger partial charge >= 0.3 is 0 Å². The molecule has 0 aliphatic rings. The van der Waals surface area contributed by atoms with Gasteiger partial charge in [0.05, 0.1) is 20.8 Å². The Balaban J connectivity index is 0.00000441. The van der Waals surface area contributed by atoms with Crippen molar-refractivity contribution in [2.75, 3.05) is 41.0 Å². The smallest absolute Gasteiger partial charge is 0.220 e. The van der Waals surface area contributed by atoms with Crippen LogP contribution in [0.15, 0.2) is 18.2 Å². The highest BCUT2D eigenvalue weighted by Gasteiger charge is 2.04. The third kappa shape index (κ3) is 7.95. The monoisotopic (exact) mass is 332 g/mol. The van der Waals surface area contributed by atoms with Crippen molar-refractivity contribution in [2.24, 2.45) is 0 Å². The Morgan fingerprint density at radius 2 is 1.64 bits per heavy atom. The van der Waals surface area contributed by atoms with Gasteiger partial charge in [0, 0.05) is 24.6 Å². The highest BCUT2D eigenvalue weighted by atomic mass is 35.5. The molecular formula is C15H25ClN2O4. The maximum atomic E-state index is 11.5. The number of carbonyl (C=O) groups is 1. The summed E-state index contributed by atoms with van der Waals surface area (Å²) in [6, 6.07) is 5.32. The predicted octanol–water partition coefficient (Wildman–Crippen LogP) is 1.62. The summed E-state index contributed by atoms with van der Waals surface area (Å²) in [5, 5.41) is 5.82. The molecule has 0 aromatic heterocycles. The number of carbonyl (C=O) groups excluding carboxylic acids is 1. The molecule has 1 amide bonds. The maximum absolute atomic E-state index is 11.5. The Morgan fingerprint density at radius 3 is 2.18 bits per heavy atom.